The SMILES string of the molecule is C[C@H]1COc2c(-c3ccc4c(c3)CNC4)c(F)cc3c(=O)c(C(=O)O)cn1c23. The molecule has 0 fully saturated rings. The Kier molecular flexibility index (Phi) is 3.57. The molecule has 2 N–H and O–H groups in total. The molecule has 2 aliphatic heterocycles. The van der Waals surface area contributed by atoms with Crippen LogP contribution in [-0.2, 0) is 13.1 Å². The number of nitrogens with zero attached hydrogens (tertiary/aromatic N) is 1. The Morgan fingerprint density at radius 2 is 2.07 bits per heavy atom. The molecule has 0 spiro atoms. The first-order valence-electron chi connectivity index (χ1n) is 9.06. The highest BCUT2D eigenvalue weighted by molar-refractivity contribution is 5.98. The molecule has 1 aromatic heterocycles. The number of pyridine rings is 1. The van der Waals surface area contributed by atoms with Gasteiger partial charge < -0.3 is 19.7 Å². The first-order valence-corrected chi connectivity index (χ1v) is 9.06. The topological polar surface area (TPSA) is 80.6 Å². The lowest BCUT2D eigenvalue weighted by Gasteiger charge is -2.28. The maximum Gasteiger partial charge on any atom is 0.341 e. The summed E-state index contributed by atoms with van der Waals surface area (Å²) in [5.41, 5.74) is 2.61. The summed E-state index contributed by atoms with van der Waals surface area (Å²) in [4.78, 5) is 24.1. The zero-order chi connectivity index (χ0) is 19.6. The van der Waals surface area contributed by atoms with Crippen molar-refractivity contribution in [2.75, 3.05) is 6.61 Å². The minimum Gasteiger partial charge on any atom is -0.488 e. The number of aromatic nitrogens is 1. The molecule has 2 aliphatic rings. The number of hydrogen-bond donors (Lipinski definition) is 2. The molecule has 6 nitrogen and oxygen atoms in total. The summed E-state index contributed by atoms with van der Waals surface area (Å²) in [6, 6.07) is 6.70. The fourth-order valence-corrected chi connectivity index (χ4v) is 4.10. The van der Waals surface area contributed by atoms with E-state index < -0.39 is 17.2 Å². The first kappa shape index (κ1) is 16.9. The molecular formula is C21H17FN2O4. The molecule has 0 unspecified atom stereocenters. The van der Waals surface area contributed by atoms with Crippen LogP contribution in [0.25, 0.3) is 22.0 Å². The third-order valence-corrected chi connectivity index (χ3v) is 5.52. The van der Waals surface area contributed by atoms with Gasteiger partial charge in [0.15, 0.2) is 5.75 Å². The second-order valence-corrected chi connectivity index (χ2v) is 7.29. The Morgan fingerprint density at radius 1 is 1.29 bits per heavy atom. The van der Waals surface area contributed by atoms with Crippen LogP contribution < -0.4 is 15.5 Å². The summed E-state index contributed by atoms with van der Waals surface area (Å²) < 4.78 is 22.8. The summed E-state index contributed by atoms with van der Waals surface area (Å²) in [7, 11) is 0. The summed E-state index contributed by atoms with van der Waals surface area (Å²) in [6.07, 6.45) is 1.33. The maximum absolute atomic E-state index is 15.2. The van der Waals surface area contributed by atoms with E-state index in [1.165, 1.54) is 11.8 Å². The Balaban J connectivity index is 1.86. The molecule has 3 heterocycles. The molecule has 5 rings (SSSR count). The maximum atomic E-state index is 15.2. The number of hydrogen-bond acceptors (Lipinski definition) is 4. The van der Waals surface area contributed by atoms with E-state index in [1.54, 1.807) is 4.57 Å². The zero-order valence-electron chi connectivity index (χ0n) is 15.1. The predicted octanol–water partition coefficient (Wildman–Crippen LogP) is 3.06. The van der Waals surface area contributed by atoms with Gasteiger partial charge in [-0.3, -0.25) is 4.79 Å². The lowest BCUT2D eigenvalue weighted by Crippen LogP contribution is -2.27. The van der Waals surface area contributed by atoms with Gasteiger partial charge in [0.1, 0.15) is 18.0 Å². The molecule has 0 saturated heterocycles. The number of aromatic carboxylic acids is 1. The molecule has 0 saturated carbocycles. The van der Waals surface area contributed by atoms with Crippen LogP contribution in [0, 0.1) is 5.82 Å². The molecule has 2 aromatic carbocycles. The number of nitrogens with one attached hydrogen (secondary N) is 1. The van der Waals surface area contributed by atoms with Crippen LogP contribution in [0.5, 0.6) is 5.75 Å². The fourth-order valence-electron chi connectivity index (χ4n) is 4.10. The van der Waals surface area contributed by atoms with Gasteiger partial charge in [-0.25, -0.2) is 9.18 Å². The van der Waals surface area contributed by atoms with Gasteiger partial charge >= 0.3 is 5.97 Å². The van der Waals surface area contributed by atoms with Gasteiger partial charge in [-0.05, 0) is 35.7 Å². The van der Waals surface area contributed by atoms with Crippen molar-refractivity contribution in [3.05, 3.63) is 63.2 Å². The summed E-state index contributed by atoms with van der Waals surface area (Å²) in [6.45, 7) is 3.63. The van der Waals surface area contributed by atoms with Gasteiger partial charge in [-0.15, -0.1) is 0 Å². The van der Waals surface area contributed by atoms with Crippen LogP contribution in [0.15, 0.2) is 35.3 Å². The van der Waals surface area contributed by atoms with E-state index >= 15 is 4.39 Å². The standard InChI is InChI=1S/C21H17FN2O4/c1-10-9-28-20-17(11-2-3-12-6-23-7-13(12)4-11)16(22)5-14-18(20)24(10)8-15(19(14)25)21(26)27/h2-5,8,10,23H,6-7,9H2,1H3,(H,26,27)/t10-/m0/s1. The summed E-state index contributed by atoms with van der Waals surface area (Å²) >= 11 is 0. The van der Waals surface area contributed by atoms with E-state index in [-0.39, 0.29) is 29.3 Å². The lowest BCUT2D eigenvalue weighted by molar-refractivity contribution is 0.0694. The van der Waals surface area contributed by atoms with Gasteiger partial charge in [-0.1, -0.05) is 12.1 Å². The third-order valence-electron chi connectivity index (χ3n) is 5.52. The molecule has 7 heteroatoms. The van der Waals surface area contributed by atoms with Crippen molar-refractivity contribution in [3.63, 3.8) is 0 Å². The van der Waals surface area contributed by atoms with Gasteiger partial charge in [0.05, 0.1) is 22.5 Å². The van der Waals surface area contributed by atoms with Crippen LogP contribution >= 0.6 is 0 Å². The number of rotatable bonds is 2. The van der Waals surface area contributed by atoms with E-state index in [0.29, 0.717) is 16.6 Å². The smallest absolute Gasteiger partial charge is 0.341 e. The molecule has 0 amide bonds. The van der Waals surface area contributed by atoms with E-state index in [4.69, 9.17) is 4.74 Å². The normalized spacial score (nSPS) is 17.4. The van der Waals surface area contributed by atoms with E-state index in [2.05, 4.69) is 5.32 Å². The van der Waals surface area contributed by atoms with Crippen LogP contribution in [0.2, 0.25) is 0 Å². The number of carboxylic acid groups (broad SMARTS) is 1. The number of halogens is 1. The van der Waals surface area contributed by atoms with Gasteiger partial charge in [0.2, 0.25) is 5.43 Å². The van der Waals surface area contributed by atoms with Crippen molar-refractivity contribution in [1.82, 2.24) is 9.88 Å². The van der Waals surface area contributed by atoms with Crippen LogP contribution in [0.3, 0.4) is 0 Å². The molecule has 3 aromatic rings. The highest BCUT2D eigenvalue weighted by Gasteiger charge is 2.28. The molecule has 28 heavy (non-hydrogen) atoms. The Hall–Kier alpha value is -3.19. The van der Waals surface area contributed by atoms with E-state index in [1.807, 2.05) is 25.1 Å². The minimum absolute atomic E-state index is 0.0190. The first-order chi connectivity index (χ1) is 13.5. The molecule has 0 bridgehead atoms. The van der Waals surface area contributed by atoms with Crippen LogP contribution in [0.1, 0.15) is 34.5 Å². The third kappa shape index (κ3) is 2.29. The number of carbonyl (C=O) groups is 1. The quantitative estimate of drug-likeness (QED) is 0.714. The lowest BCUT2D eigenvalue weighted by atomic mass is 9.96. The Bertz CT molecular complexity index is 1230. The van der Waals surface area contributed by atoms with Crippen molar-refractivity contribution in [3.8, 4) is 16.9 Å². The second-order valence-electron chi connectivity index (χ2n) is 7.29. The zero-order valence-corrected chi connectivity index (χ0v) is 15.1. The van der Waals surface area contributed by atoms with Crippen molar-refractivity contribution >= 4 is 16.9 Å². The van der Waals surface area contributed by atoms with Gasteiger partial charge in [0, 0.05) is 19.3 Å². The number of fused-ring (bicyclic) bond motifs is 1. The monoisotopic (exact) mass is 380 g/mol. The number of ether oxygens (including phenoxy) is 1. The number of benzene rings is 2. The molecule has 1 atom stereocenters. The highest BCUT2D eigenvalue weighted by Crippen LogP contribution is 2.42. The van der Waals surface area contributed by atoms with Crippen molar-refractivity contribution in [1.29, 1.82) is 0 Å². The average Bonchev–Trinajstić information content (AvgIpc) is 3.13. The second kappa shape index (κ2) is 5.90. The summed E-state index contributed by atoms with van der Waals surface area (Å²) in [5.74, 6) is -1.64. The molecule has 0 aliphatic carbocycles. The van der Waals surface area contributed by atoms with E-state index in [9.17, 15) is 14.7 Å². The largest absolute Gasteiger partial charge is 0.488 e. The van der Waals surface area contributed by atoms with Crippen molar-refractivity contribution < 1.29 is 19.0 Å². The Morgan fingerprint density at radius 3 is 2.86 bits per heavy atom. The van der Waals surface area contributed by atoms with Crippen LogP contribution in [-0.4, -0.2) is 22.2 Å². The van der Waals surface area contributed by atoms with Gasteiger partial charge in [0.25, 0.3) is 0 Å². The molecule has 142 valence electrons. The van der Waals surface area contributed by atoms with Gasteiger partial charge in [-0.2, -0.15) is 0 Å². The minimum atomic E-state index is -1.33. The fraction of sp³-hybridized carbons (Fsp3) is 0.238. The summed E-state index contributed by atoms with van der Waals surface area (Å²) in [5, 5.41) is 12.6. The molecule has 0 radical (unpaired) electrons. The number of carboxylic acids is 1. The Labute approximate surface area is 159 Å². The van der Waals surface area contributed by atoms with Crippen molar-refractivity contribution in [2.45, 2.75) is 26.1 Å². The van der Waals surface area contributed by atoms with E-state index in [0.717, 1.165) is 24.7 Å². The average molecular weight is 380 g/mol. The molecular weight excluding hydrogens is 363 g/mol. The van der Waals surface area contributed by atoms with Crippen LogP contribution in [0.4, 0.5) is 4.39 Å². The predicted molar refractivity (Wildman–Crippen MR) is 101 cm³/mol. The highest BCUT2D eigenvalue weighted by atomic mass is 19.1. The van der Waals surface area contributed by atoms with Crippen molar-refractivity contribution in [2.24, 2.45) is 0 Å².